The molecule has 0 saturated heterocycles. The van der Waals surface area contributed by atoms with E-state index < -0.39 is 12.5 Å². The number of ketones is 1. The predicted molar refractivity (Wildman–Crippen MR) is 121 cm³/mol. The van der Waals surface area contributed by atoms with E-state index in [9.17, 15) is 14.3 Å². The molecule has 0 bridgehead atoms. The van der Waals surface area contributed by atoms with Gasteiger partial charge in [0, 0.05) is 42.9 Å². The predicted octanol–water partition coefficient (Wildman–Crippen LogP) is 4.99. The van der Waals surface area contributed by atoms with E-state index in [2.05, 4.69) is 9.97 Å². The molecule has 3 heterocycles. The van der Waals surface area contributed by atoms with Crippen molar-refractivity contribution in [1.82, 2.24) is 19.7 Å². The Hall–Kier alpha value is -2.87. The minimum atomic E-state index is -1.46. The van der Waals surface area contributed by atoms with Crippen molar-refractivity contribution >= 4 is 16.8 Å². The smallest absolute Gasteiger partial charge is 0.235 e. The highest BCUT2D eigenvalue weighted by molar-refractivity contribution is 6.00. The number of aromatic nitrogens is 4. The Bertz CT molecular complexity index is 1080. The lowest BCUT2D eigenvalue weighted by Gasteiger charge is -2.22. The van der Waals surface area contributed by atoms with Crippen molar-refractivity contribution in [2.75, 3.05) is 0 Å². The van der Waals surface area contributed by atoms with E-state index in [-0.39, 0.29) is 30.1 Å². The maximum atomic E-state index is 13.3. The normalized spacial score (nSPS) is 14.7. The lowest BCUT2D eigenvalue weighted by Crippen LogP contribution is -2.25. The van der Waals surface area contributed by atoms with Crippen LogP contribution in [0.3, 0.4) is 0 Å². The van der Waals surface area contributed by atoms with Crippen LogP contribution in [0.5, 0.6) is 5.75 Å². The quantitative estimate of drug-likeness (QED) is 0.469. The summed E-state index contributed by atoms with van der Waals surface area (Å²) in [5.74, 6) is 0.286. The van der Waals surface area contributed by atoms with Gasteiger partial charge >= 0.3 is 0 Å². The average molecular weight is 443 g/mol. The minimum absolute atomic E-state index is 0.0255. The fourth-order valence-corrected chi connectivity index (χ4v) is 3.86. The second kappa shape index (κ2) is 9.73. The first kappa shape index (κ1) is 23.8. The lowest BCUT2D eigenvalue weighted by molar-refractivity contribution is 0.0730. The molecule has 0 aliphatic carbocycles. The number of fused-ring (bicyclic) bond motifs is 1. The van der Waals surface area contributed by atoms with Gasteiger partial charge in [-0.3, -0.25) is 19.4 Å². The molecule has 0 aromatic carbocycles. The number of nitrogens with zero attached hydrogens (tertiary/aromatic N) is 4. The molecule has 0 radical (unpaired) electrons. The number of alkyl halides is 1. The second-order valence-electron chi connectivity index (χ2n) is 8.82. The highest BCUT2D eigenvalue weighted by Crippen LogP contribution is 2.31. The molecule has 3 rings (SSSR count). The second-order valence-corrected chi connectivity index (χ2v) is 8.82. The summed E-state index contributed by atoms with van der Waals surface area (Å²) in [4.78, 5) is 21.7. The van der Waals surface area contributed by atoms with Gasteiger partial charge in [0.25, 0.3) is 0 Å². The first-order valence-corrected chi connectivity index (χ1v) is 10.9. The number of halogens is 1. The summed E-state index contributed by atoms with van der Waals surface area (Å²) in [7, 11) is 0. The van der Waals surface area contributed by atoms with Crippen molar-refractivity contribution in [2.24, 2.45) is 11.8 Å². The number of hydrogen-bond acceptors (Lipinski definition) is 6. The van der Waals surface area contributed by atoms with Crippen LogP contribution in [0.25, 0.3) is 22.3 Å². The highest BCUT2D eigenvalue weighted by atomic mass is 19.1. The van der Waals surface area contributed by atoms with Crippen molar-refractivity contribution in [3.63, 3.8) is 0 Å². The molecule has 32 heavy (non-hydrogen) atoms. The number of hydrogen-bond donors (Lipinski definition) is 1. The third-order valence-corrected chi connectivity index (χ3v) is 5.54. The highest BCUT2D eigenvalue weighted by Gasteiger charge is 2.24. The van der Waals surface area contributed by atoms with Crippen molar-refractivity contribution in [3.8, 4) is 17.0 Å². The molecule has 1 N–H and O–H groups in total. The van der Waals surface area contributed by atoms with Crippen LogP contribution in [-0.4, -0.2) is 43.1 Å². The topological polar surface area (TPSA) is 90.1 Å². The molecule has 3 atom stereocenters. The van der Waals surface area contributed by atoms with Crippen LogP contribution in [0.15, 0.2) is 30.7 Å². The molecular weight excluding hydrogens is 411 g/mol. The Labute approximate surface area is 187 Å². The van der Waals surface area contributed by atoms with Gasteiger partial charge in [0.15, 0.2) is 5.78 Å². The number of aliphatic hydroxyl groups excluding tert-OH is 1. The Morgan fingerprint density at radius 3 is 2.44 bits per heavy atom. The summed E-state index contributed by atoms with van der Waals surface area (Å²) in [6.07, 6.45) is 2.84. The van der Waals surface area contributed by atoms with Crippen LogP contribution in [0.2, 0.25) is 0 Å². The third kappa shape index (κ3) is 5.12. The number of Topliss-reactive ketones (excluding diaryl/α,β-unsaturated/α-hetero) is 1. The van der Waals surface area contributed by atoms with Crippen LogP contribution in [0.1, 0.15) is 64.4 Å². The van der Waals surface area contributed by atoms with Gasteiger partial charge in [-0.1, -0.05) is 13.8 Å². The summed E-state index contributed by atoms with van der Waals surface area (Å²) in [5, 5.41) is 14.8. The van der Waals surface area contributed by atoms with E-state index >= 15 is 0 Å². The summed E-state index contributed by atoms with van der Waals surface area (Å²) in [6.45, 7) is 11.0. The van der Waals surface area contributed by atoms with E-state index in [1.54, 1.807) is 31.5 Å². The zero-order valence-corrected chi connectivity index (χ0v) is 19.4. The summed E-state index contributed by atoms with van der Waals surface area (Å²) < 4.78 is 20.2. The number of rotatable bonds is 9. The first-order valence-electron chi connectivity index (χ1n) is 10.9. The van der Waals surface area contributed by atoms with E-state index in [0.29, 0.717) is 28.1 Å². The van der Waals surface area contributed by atoms with E-state index in [1.165, 1.54) is 13.1 Å². The van der Waals surface area contributed by atoms with Crippen LogP contribution >= 0.6 is 0 Å². The Balaban J connectivity index is 2.03. The molecule has 0 fully saturated rings. The standard InChI is InChI=1S/C24H31FN4O3/c1-13(2)20(15(5)30)9-22(31)17-8-21-24(27-11-17)23(28-29(21)14(3)4)18-7-19(12-26-10-18)32-16(6)25/h7-8,10-16,20,30H,9H2,1-6H3/t15-,16?,20-/m0/s1. The molecule has 172 valence electrons. The van der Waals surface area contributed by atoms with Crippen LogP contribution < -0.4 is 4.74 Å². The molecule has 0 spiro atoms. The molecule has 3 aromatic heterocycles. The van der Waals surface area contributed by atoms with E-state index in [0.717, 1.165) is 5.52 Å². The molecule has 0 amide bonds. The maximum absolute atomic E-state index is 13.3. The SMILES string of the molecule is CC(F)Oc1cncc(-c2nn(C(C)C)c3cc(C(=O)C[C@@H](C(C)C)[C@H](C)O)cnc23)c1. The monoisotopic (exact) mass is 442 g/mol. The van der Waals surface area contributed by atoms with Crippen LogP contribution in [0, 0.1) is 11.8 Å². The van der Waals surface area contributed by atoms with E-state index in [1.807, 2.05) is 32.4 Å². The molecular formula is C24H31FN4O3. The van der Waals surface area contributed by atoms with Gasteiger partial charge in [-0.15, -0.1) is 0 Å². The van der Waals surface area contributed by atoms with Gasteiger partial charge in [-0.05, 0) is 44.7 Å². The molecule has 0 saturated carbocycles. The number of carbonyl (C=O) groups is 1. The summed E-state index contributed by atoms with van der Waals surface area (Å²) in [6, 6.07) is 3.50. The summed E-state index contributed by atoms with van der Waals surface area (Å²) >= 11 is 0. The van der Waals surface area contributed by atoms with Crippen molar-refractivity contribution < 1.29 is 19.0 Å². The summed E-state index contributed by atoms with van der Waals surface area (Å²) in [5.41, 5.74) is 3.07. The number of ether oxygens (including phenoxy) is 1. The lowest BCUT2D eigenvalue weighted by atomic mass is 9.85. The number of carbonyl (C=O) groups excluding carboxylic acids is 1. The molecule has 3 aromatic rings. The maximum Gasteiger partial charge on any atom is 0.235 e. The molecule has 7 nitrogen and oxygen atoms in total. The van der Waals surface area contributed by atoms with Gasteiger partial charge in [0.1, 0.15) is 17.0 Å². The fraction of sp³-hybridized carbons (Fsp3) is 0.500. The zero-order chi connectivity index (χ0) is 23.6. The van der Waals surface area contributed by atoms with E-state index in [4.69, 9.17) is 9.84 Å². The molecule has 1 unspecified atom stereocenters. The van der Waals surface area contributed by atoms with Crippen molar-refractivity contribution in [1.29, 1.82) is 0 Å². The van der Waals surface area contributed by atoms with Gasteiger partial charge < -0.3 is 9.84 Å². The molecule has 0 aliphatic heterocycles. The van der Waals surface area contributed by atoms with Crippen LogP contribution in [0.4, 0.5) is 4.39 Å². The van der Waals surface area contributed by atoms with Crippen LogP contribution in [-0.2, 0) is 0 Å². The largest absolute Gasteiger partial charge is 0.459 e. The fourth-order valence-electron chi connectivity index (χ4n) is 3.86. The van der Waals surface area contributed by atoms with Gasteiger partial charge in [-0.25, -0.2) is 4.39 Å². The Morgan fingerprint density at radius 2 is 1.84 bits per heavy atom. The van der Waals surface area contributed by atoms with Gasteiger partial charge in [0.2, 0.25) is 6.36 Å². The van der Waals surface area contributed by atoms with Crippen molar-refractivity contribution in [3.05, 3.63) is 36.3 Å². The number of aliphatic hydroxyl groups is 1. The molecule has 0 aliphatic rings. The zero-order valence-electron chi connectivity index (χ0n) is 19.4. The number of pyridine rings is 2. The third-order valence-electron chi connectivity index (χ3n) is 5.54. The Morgan fingerprint density at radius 1 is 1.12 bits per heavy atom. The van der Waals surface area contributed by atoms with Gasteiger partial charge in [0.05, 0.1) is 17.8 Å². The minimum Gasteiger partial charge on any atom is -0.459 e. The molecule has 8 heteroatoms. The van der Waals surface area contributed by atoms with Gasteiger partial charge in [-0.2, -0.15) is 5.10 Å². The first-order chi connectivity index (χ1) is 15.1. The van der Waals surface area contributed by atoms with Crippen molar-refractivity contribution in [2.45, 2.75) is 66.5 Å². The average Bonchev–Trinajstić information content (AvgIpc) is 3.10. The Kier molecular flexibility index (Phi) is 7.23.